The van der Waals surface area contributed by atoms with Crippen LogP contribution in [0, 0.1) is 0 Å². The first-order valence-electron chi connectivity index (χ1n) is 8.52. The number of rotatable bonds is 5. The molecule has 0 aliphatic carbocycles. The van der Waals surface area contributed by atoms with Gasteiger partial charge in [-0.05, 0) is 31.2 Å². The van der Waals surface area contributed by atoms with Crippen LogP contribution in [-0.2, 0) is 0 Å². The van der Waals surface area contributed by atoms with Gasteiger partial charge in [0.15, 0.2) is 11.3 Å². The van der Waals surface area contributed by atoms with Crippen LogP contribution < -0.4 is 10.7 Å². The van der Waals surface area contributed by atoms with E-state index in [1.54, 1.807) is 17.1 Å². The van der Waals surface area contributed by atoms with Gasteiger partial charge in [0.05, 0.1) is 29.2 Å². The number of H-pyrrole nitrogens is 1. The minimum absolute atomic E-state index is 0.0260. The van der Waals surface area contributed by atoms with Gasteiger partial charge in [0.2, 0.25) is 0 Å². The third-order valence-electron chi connectivity index (χ3n) is 4.34. The standard InChI is InChI=1S/C19H18N6O2/c1-12(10-26)25-11-21-24-19(25)15-6-3-7-17(23-15)22-14-5-2-4-13-18(14)16(27)8-9-20-13/h2-9,11-12,26H,10H2,1H3,(H,20,27)(H,22,23)/t12-/m1/s1. The average molecular weight is 362 g/mol. The van der Waals surface area contributed by atoms with Crippen LogP contribution in [0.5, 0.6) is 0 Å². The molecule has 1 aromatic carbocycles. The monoisotopic (exact) mass is 362 g/mol. The van der Waals surface area contributed by atoms with Crippen molar-refractivity contribution in [2.75, 3.05) is 11.9 Å². The zero-order chi connectivity index (χ0) is 18.8. The summed E-state index contributed by atoms with van der Waals surface area (Å²) in [6, 6.07) is 12.4. The second-order valence-corrected chi connectivity index (χ2v) is 6.20. The van der Waals surface area contributed by atoms with Crippen molar-refractivity contribution in [3.8, 4) is 11.5 Å². The number of fused-ring (bicyclic) bond motifs is 1. The third-order valence-corrected chi connectivity index (χ3v) is 4.34. The second-order valence-electron chi connectivity index (χ2n) is 6.20. The van der Waals surface area contributed by atoms with E-state index in [1.165, 1.54) is 6.07 Å². The molecule has 0 saturated heterocycles. The van der Waals surface area contributed by atoms with E-state index in [1.807, 2.05) is 43.3 Å². The highest BCUT2D eigenvalue weighted by atomic mass is 16.3. The summed E-state index contributed by atoms with van der Waals surface area (Å²) >= 11 is 0. The van der Waals surface area contributed by atoms with Crippen LogP contribution in [-0.4, -0.2) is 36.4 Å². The molecule has 8 nitrogen and oxygen atoms in total. The molecule has 136 valence electrons. The number of hydrogen-bond acceptors (Lipinski definition) is 6. The van der Waals surface area contributed by atoms with Gasteiger partial charge >= 0.3 is 0 Å². The summed E-state index contributed by atoms with van der Waals surface area (Å²) in [7, 11) is 0. The average Bonchev–Trinajstić information content (AvgIpc) is 3.18. The molecule has 0 radical (unpaired) electrons. The molecule has 0 amide bonds. The fraction of sp³-hybridized carbons (Fsp3) is 0.158. The minimum Gasteiger partial charge on any atom is -0.394 e. The number of pyridine rings is 2. The number of hydrogen-bond donors (Lipinski definition) is 3. The van der Waals surface area contributed by atoms with Crippen LogP contribution in [0.15, 0.2) is 59.8 Å². The Morgan fingerprint density at radius 3 is 2.93 bits per heavy atom. The molecule has 27 heavy (non-hydrogen) atoms. The Labute approximate surface area is 154 Å². The fourth-order valence-corrected chi connectivity index (χ4v) is 2.94. The molecule has 0 spiro atoms. The van der Waals surface area contributed by atoms with Crippen molar-refractivity contribution in [3.05, 3.63) is 65.2 Å². The lowest BCUT2D eigenvalue weighted by Crippen LogP contribution is -2.10. The maximum atomic E-state index is 12.3. The van der Waals surface area contributed by atoms with E-state index < -0.39 is 0 Å². The zero-order valence-corrected chi connectivity index (χ0v) is 14.6. The molecule has 0 unspecified atom stereocenters. The zero-order valence-electron chi connectivity index (χ0n) is 14.6. The molecule has 0 bridgehead atoms. The Kier molecular flexibility index (Phi) is 4.39. The summed E-state index contributed by atoms with van der Waals surface area (Å²) in [6.45, 7) is 1.85. The van der Waals surface area contributed by atoms with Gasteiger partial charge in [-0.15, -0.1) is 10.2 Å². The number of aromatic nitrogens is 5. The van der Waals surface area contributed by atoms with Gasteiger partial charge in [0.25, 0.3) is 0 Å². The smallest absolute Gasteiger partial charge is 0.191 e. The molecular weight excluding hydrogens is 344 g/mol. The number of anilines is 2. The molecule has 3 N–H and O–H groups in total. The van der Waals surface area contributed by atoms with E-state index in [9.17, 15) is 9.90 Å². The summed E-state index contributed by atoms with van der Waals surface area (Å²) in [5.74, 6) is 1.14. The third kappa shape index (κ3) is 3.18. The lowest BCUT2D eigenvalue weighted by atomic mass is 10.1. The van der Waals surface area contributed by atoms with Gasteiger partial charge in [0.1, 0.15) is 17.8 Å². The number of nitrogens with zero attached hydrogens (tertiary/aromatic N) is 4. The molecule has 0 fully saturated rings. The summed E-state index contributed by atoms with van der Waals surface area (Å²) in [5.41, 5.74) is 1.97. The largest absolute Gasteiger partial charge is 0.394 e. The van der Waals surface area contributed by atoms with E-state index in [-0.39, 0.29) is 18.1 Å². The summed E-state index contributed by atoms with van der Waals surface area (Å²) < 4.78 is 1.77. The highest BCUT2D eigenvalue weighted by Crippen LogP contribution is 2.24. The molecule has 3 aromatic heterocycles. The van der Waals surface area contributed by atoms with E-state index in [4.69, 9.17) is 0 Å². The number of aliphatic hydroxyl groups is 1. The molecule has 1 atom stereocenters. The van der Waals surface area contributed by atoms with Gasteiger partial charge in [-0.2, -0.15) is 0 Å². The van der Waals surface area contributed by atoms with Gasteiger partial charge in [0, 0.05) is 12.3 Å². The van der Waals surface area contributed by atoms with Crippen molar-refractivity contribution < 1.29 is 5.11 Å². The summed E-state index contributed by atoms with van der Waals surface area (Å²) in [6.07, 6.45) is 3.20. The molecule has 4 aromatic rings. The van der Waals surface area contributed by atoms with E-state index >= 15 is 0 Å². The normalized spacial score (nSPS) is 12.2. The van der Waals surface area contributed by atoms with Crippen molar-refractivity contribution in [1.29, 1.82) is 0 Å². The Hall–Kier alpha value is -3.52. The summed E-state index contributed by atoms with van der Waals surface area (Å²) in [5, 5.41) is 21.3. The van der Waals surface area contributed by atoms with Crippen LogP contribution in [0.2, 0.25) is 0 Å². The topological polar surface area (TPSA) is 109 Å². The van der Waals surface area contributed by atoms with Gasteiger partial charge in [-0.3, -0.25) is 4.79 Å². The molecule has 8 heteroatoms. The number of benzene rings is 1. The Morgan fingerprint density at radius 2 is 2.07 bits per heavy atom. The first-order valence-corrected chi connectivity index (χ1v) is 8.52. The molecule has 3 heterocycles. The number of aliphatic hydroxyl groups excluding tert-OH is 1. The molecule has 0 aliphatic heterocycles. The lowest BCUT2D eigenvalue weighted by Gasteiger charge is -2.13. The van der Waals surface area contributed by atoms with Crippen molar-refractivity contribution in [2.24, 2.45) is 0 Å². The van der Waals surface area contributed by atoms with E-state index in [0.717, 1.165) is 5.52 Å². The molecule has 0 aliphatic rings. The number of nitrogens with one attached hydrogen (secondary N) is 2. The van der Waals surface area contributed by atoms with Crippen molar-refractivity contribution in [1.82, 2.24) is 24.7 Å². The van der Waals surface area contributed by atoms with Crippen molar-refractivity contribution >= 4 is 22.4 Å². The predicted octanol–water partition coefficient (Wildman–Crippen LogP) is 2.48. The predicted molar refractivity (Wildman–Crippen MR) is 103 cm³/mol. The van der Waals surface area contributed by atoms with Crippen molar-refractivity contribution in [3.63, 3.8) is 0 Å². The SMILES string of the molecule is C[C@H](CO)n1cnnc1-c1cccc(Nc2cccc3[nH]ccc(=O)c23)n1. The van der Waals surface area contributed by atoms with Crippen LogP contribution in [0.1, 0.15) is 13.0 Å². The second kappa shape index (κ2) is 7.00. The van der Waals surface area contributed by atoms with Crippen LogP contribution >= 0.6 is 0 Å². The first-order chi connectivity index (χ1) is 13.2. The quantitative estimate of drug-likeness (QED) is 0.503. The minimum atomic E-state index is -0.162. The van der Waals surface area contributed by atoms with E-state index in [0.29, 0.717) is 28.4 Å². The highest BCUT2D eigenvalue weighted by Gasteiger charge is 2.14. The Morgan fingerprint density at radius 1 is 1.22 bits per heavy atom. The summed E-state index contributed by atoms with van der Waals surface area (Å²) in [4.78, 5) is 19.9. The first kappa shape index (κ1) is 16.9. The van der Waals surface area contributed by atoms with Gasteiger partial charge in [-0.25, -0.2) is 4.98 Å². The lowest BCUT2D eigenvalue weighted by molar-refractivity contribution is 0.239. The van der Waals surface area contributed by atoms with Crippen molar-refractivity contribution in [2.45, 2.75) is 13.0 Å². The maximum Gasteiger partial charge on any atom is 0.191 e. The maximum absolute atomic E-state index is 12.3. The Bertz CT molecular complexity index is 1140. The van der Waals surface area contributed by atoms with Crippen LogP contribution in [0.3, 0.4) is 0 Å². The molecular formula is C19H18N6O2. The fourth-order valence-electron chi connectivity index (χ4n) is 2.94. The molecule has 4 rings (SSSR count). The van der Waals surface area contributed by atoms with Gasteiger partial charge < -0.3 is 20.0 Å². The van der Waals surface area contributed by atoms with E-state index in [2.05, 4.69) is 25.5 Å². The van der Waals surface area contributed by atoms with Gasteiger partial charge in [-0.1, -0.05) is 12.1 Å². The number of aromatic amines is 1. The molecule has 0 saturated carbocycles. The highest BCUT2D eigenvalue weighted by molar-refractivity contribution is 5.92. The van der Waals surface area contributed by atoms with Crippen LogP contribution in [0.4, 0.5) is 11.5 Å². The Balaban J connectivity index is 1.73. The van der Waals surface area contributed by atoms with Crippen LogP contribution in [0.25, 0.3) is 22.4 Å².